The Bertz CT molecular complexity index is 727. The highest BCUT2D eigenvalue weighted by atomic mass is 32.2. The van der Waals surface area contributed by atoms with Crippen LogP contribution in [0.15, 0.2) is 41.3 Å². The van der Waals surface area contributed by atoms with Gasteiger partial charge in [-0.3, -0.25) is 0 Å². The van der Waals surface area contributed by atoms with E-state index in [9.17, 15) is 8.42 Å². The van der Waals surface area contributed by atoms with Crippen LogP contribution in [-0.2, 0) is 10.0 Å². The van der Waals surface area contributed by atoms with Crippen LogP contribution in [0.3, 0.4) is 0 Å². The van der Waals surface area contributed by atoms with Crippen LogP contribution >= 0.6 is 0 Å². The van der Waals surface area contributed by atoms with Gasteiger partial charge in [-0.25, -0.2) is 13.1 Å². The van der Waals surface area contributed by atoms with Crippen molar-refractivity contribution in [2.45, 2.75) is 11.3 Å². The molecule has 0 amide bonds. The normalized spacial score (nSPS) is 12.1. The molecule has 0 aromatic heterocycles. The zero-order chi connectivity index (χ0) is 15.5. The lowest BCUT2D eigenvalue weighted by molar-refractivity contribution is 0.400. The lowest BCUT2D eigenvalue weighted by atomic mass is 10.1. The van der Waals surface area contributed by atoms with E-state index >= 15 is 0 Å². The van der Waals surface area contributed by atoms with Crippen LogP contribution in [0.1, 0.15) is 6.42 Å². The average Bonchev–Trinajstić information content (AvgIpc) is 2.44. The molecular formula is C15H21N3O2S. The Labute approximate surface area is 125 Å². The van der Waals surface area contributed by atoms with E-state index in [4.69, 9.17) is 5.73 Å². The highest BCUT2D eigenvalue weighted by molar-refractivity contribution is 7.89. The van der Waals surface area contributed by atoms with Gasteiger partial charge in [0.2, 0.25) is 10.0 Å². The minimum absolute atomic E-state index is 0.275. The minimum Gasteiger partial charge on any atom is -0.398 e. The van der Waals surface area contributed by atoms with Crippen molar-refractivity contribution in [2.75, 3.05) is 32.9 Å². The zero-order valence-corrected chi connectivity index (χ0v) is 13.2. The molecule has 0 aliphatic rings. The number of anilines is 1. The molecule has 0 unspecified atom stereocenters. The first-order valence-corrected chi connectivity index (χ1v) is 8.32. The van der Waals surface area contributed by atoms with Crippen LogP contribution in [-0.4, -0.2) is 40.5 Å². The fourth-order valence-electron chi connectivity index (χ4n) is 2.21. The lowest BCUT2D eigenvalue weighted by Crippen LogP contribution is -2.27. The maximum Gasteiger partial charge on any atom is 0.241 e. The quantitative estimate of drug-likeness (QED) is 0.628. The summed E-state index contributed by atoms with van der Waals surface area (Å²) in [6.45, 7) is 1.25. The lowest BCUT2D eigenvalue weighted by Gasteiger charge is -2.12. The molecule has 0 atom stereocenters. The maximum atomic E-state index is 12.4. The van der Waals surface area contributed by atoms with Gasteiger partial charge in [-0.05, 0) is 39.2 Å². The van der Waals surface area contributed by atoms with Crippen molar-refractivity contribution >= 4 is 26.5 Å². The molecule has 6 heteroatoms. The number of sulfonamides is 1. The van der Waals surface area contributed by atoms with Crippen molar-refractivity contribution in [3.8, 4) is 0 Å². The first-order valence-electron chi connectivity index (χ1n) is 6.83. The van der Waals surface area contributed by atoms with Gasteiger partial charge in [-0.15, -0.1) is 0 Å². The number of benzene rings is 2. The second-order valence-electron chi connectivity index (χ2n) is 5.25. The second kappa shape index (κ2) is 6.43. The molecule has 0 fully saturated rings. The van der Waals surface area contributed by atoms with Crippen LogP contribution in [0, 0.1) is 0 Å². The largest absolute Gasteiger partial charge is 0.398 e. The Morgan fingerprint density at radius 1 is 1.10 bits per heavy atom. The highest BCUT2D eigenvalue weighted by Crippen LogP contribution is 2.27. The molecule has 0 heterocycles. The van der Waals surface area contributed by atoms with Crippen LogP contribution in [0.5, 0.6) is 0 Å². The van der Waals surface area contributed by atoms with Gasteiger partial charge in [0.25, 0.3) is 0 Å². The van der Waals surface area contributed by atoms with Crippen molar-refractivity contribution in [1.29, 1.82) is 0 Å². The number of hydrogen-bond donors (Lipinski definition) is 2. The van der Waals surface area contributed by atoms with Gasteiger partial charge in [0, 0.05) is 23.0 Å². The Balaban J connectivity index is 2.26. The molecule has 0 saturated carbocycles. The predicted octanol–water partition coefficient (Wildman–Crippen LogP) is 1.65. The van der Waals surface area contributed by atoms with E-state index in [1.54, 1.807) is 18.2 Å². The summed E-state index contributed by atoms with van der Waals surface area (Å²) in [5.41, 5.74) is 6.48. The molecule has 0 radical (unpaired) electrons. The fraction of sp³-hybridized carbons (Fsp3) is 0.333. The Morgan fingerprint density at radius 2 is 1.76 bits per heavy atom. The topological polar surface area (TPSA) is 75.4 Å². The number of rotatable bonds is 6. The van der Waals surface area contributed by atoms with Gasteiger partial charge >= 0.3 is 0 Å². The van der Waals surface area contributed by atoms with Crippen LogP contribution in [0.2, 0.25) is 0 Å². The average molecular weight is 307 g/mol. The summed E-state index contributed by atoms with van der Waals surface area (Å²) in [4.78, 5) is 2.30. The molecule has 5 nitrogen and oxygen atoms in total. The first kappa shape index (κ1) is 15.8. The smallest absolute Gasteiger partial charge is 0.241 e. The van der Waals surface area contributed by atoms with Crippen LogP contribution in [0.4, 0.5) is 5.69 Å². The molecule has 0 bridgehead atoms. The van der Waals surface area contributed by atoms with Gasteiger partial charge in [-0.1, -0.05) is 24.3 Å². The van der Waals surface area contributed by atoms with Gasteiger partial charge < -0.3 is 10.6 Å². The predicted molar refractivity (Wildman–Crippen MR) is 86.7 cm³/mol. The number of nitrogen functional groups attached to an aromatic ring is 1. The molecule has 0 saturated heterocycles. The second-order valence-corrected chi connectivity index (χ2v) is 6.99. The van der Waals surface area contributed by atoms with Crippen molar-refractivity contribution in [3.05, 3.63) is 36.4 Å². The molecule has 21 heavy (non-hydrogen) atoms. The van der Waals surface area contributed by atoms with E-state index in [0.29, 0.717) is 17.6 Å². The molecule has 114 valence electrons. The first-order chi connectivity index (χ1) is 9.92. The van der Waals surface area contributed by atoms with Crippen molar-refractivity contribution in [3.63, 3.8) is 0 Å². The van der Waals surface area contributed by atoms with Crippen molar-refractivity contribution in [1.82, 2.24) is 9.62 Å². The molecule has 2 aromatic rings. The van der Waals surface area contributed by atoms with E-state index in [1.807, 2.05) is 37.2 Å². The fourth-order valence-corrected chi connectivity index (χ4v) is 3.49. The molecular weight excluding hydrogens is 286 g/mol. The highest BCUT2D eigenvalue weighted by Gasteiger charge is 2.17. The summed E-state index contributed by atoms with van der Waals surface area (Å²) >= 11 is 0. The van der Waals surface area contributed by atoms with E-state index in [1.165, 1.54) is 0 Å². The zero-order valence-electron chi connectivity index (χ0n) is 12.3. The molecule has 2 rings (SSSR count). The van der Waals surface area contributed by atoms with Crippen LogP contribution in [0.25, 0.3) is 10.8 Å². The third kappa shape index (κ3) is 3.72. The molecule has 3 N–H and O–H groups in total. The molecule has 0 spiro atoms. The van der Waals surface area contributed by atoms with E-state index in [-0.39, 0.29) is 4.90 Å². The van der Waals surface area contributed by atoms with Crippen molar-refractivity contribution in [2.24, 2.45) is 0 Å². The monoisotopic (exact) mass is 307 g/mol. The Kier molecular flexibility index (Phi) is 4.82. The third-order valence-electron chi connectivity index (χ3n) is 3.28. The van der Waals surface area contributed by atoms with Crippen molar-refractivity contribution < 1.29 is 8.42 Å². The SMILES string of the molecule is CN(C)CCCNS(=O)(=O)c1ccc(N)c2ccccc12. The summed E-state index contributed by atoms with van der Waals surface area (Å²) in [5, 5.41) is 1.41. The summed E-state index contributed by atoms with van der Waals surface area (Å²) < 4.78 is 27.5. The summed E-state index contributed by atoms with van der Waals surface area (Å²) in [6.07, 6.45) is 0.763. The van der Waals surface area contributed by atoms with Gasteiger partial charge in [0.15, 0.2) is 0 Å². The maximum absolute atomic E-state index is 12.4. The number of nitrogens with zero attached hydrogens (tertiary/aromatic N) is 1. The van der Waals surface area contributed by atoms with E-state index in [2.05, 4.69) is 4.72 Å². The summed E-state index contributed by atoms with van der Waals surface area (Å²) in [6, 6.07) is 10.5. The Morgan fingerprint density at radius 3 is 2.43 bits per heavy atom. The standard InChI is InChI=1S/C15H21N3O2S/c1-18(2)11-5-10-17-21(19,20)15-9-8-14(16)12-6-3-4-7-13(12)15/h3-4,6-9,17H,5,10-11,16H2,1-2H3. The molecule has 0 aliphatic heterocycles. The number of hydrogen-bond acceptors (Lipinski definition) is 4. The molecule has 0 aliphatic carbocycles. The third-order valence-corrected chi connectivity index (χ3v) is 4.80. The molecule has 2 aromatic carbocycles. The van der Waals surface area contributed by atoms with E-state index < -0.39 is 10.0 Å². The number of nitrogens with one attached hydrogen (secondary N) is 1. The Hall–Kier alpha value is -1.63. The van der Waals surface area contributed by atoms with Crippen LogP contribution < -0.4 is 10.5 Å². The van der Waals surface area contributed by atoms with Gasteiger partial charge in [-0.2, -0.15) is 0 Å². The summed E-state index contributed by atoms with van der Waals surface area (Å²) in [5.74, 6) is 0. The number of nitrogens with two attached hydrogens (primary N) is 1. The van der Waals surface area contributed by atoms with Gasteiger partial charge in [0.05, 0.1) is 4.90 Å². The van der Waals surface area contributed by atoms with Gasteiger partial charge in [0.1, 0.15) is 0 Å². The summed E-state index contributed by atoms with van der Waals surface area (Å²) in [7, 11) is 0.395. The van der Waals surface area contributed by atoms with E-state index in [0.717, 1.165) is 18.4 Å². The minimum atomic E-state index is -3.53. The number of fused-ring (bicyclic) bond motifs is 1.